The van der Waals surface area contributed by atoms with Gasteiger partial charge in [0.1, 0.15) is 5.69 Å². The molecule has 0 N–H and O–H groups in total. The number of aromatic nitrogens is 3. The van der Waals surface area contributed by atoms with Crippen LogP contribution in [0.15, 0.2) is 39.1 Å². The fraction of sp³-hybridized carbons (Fsp3) is 0.357. The van der Waals surface area contributed by atoms with E-state index in [-0.39, 0.29) is 21.9 Å². The van der Waals surface area contributed by atoms with Gasteiger partial charge in [-0.25, -0.2) is 8.42 Å². The normalized spacial score (nSPS) is 17.5. The van der Waals surface area contributed by atoms with Gasteiger partial charge in [-0.15, -0.1) is 10.2 Å². The molecule has 0 bridgehead atoms. The molecule has 0 spiro atoms. The number of hydrogen-bond acceptors (Lipinski definition) is 6. The third kappa shape index (κ3) is 2.68. The average molecular weight is 337 g/mol. The molecule has 0 fully saturated rings. The van der Waals surface area contributed by atoms with E-state index in [1.165, 1.54) is 16.3 Å². The van der Waals surface area contributed by atoms with Gasteiger partial charge < -0.3 is 0 Å². The second-order valence-electron chi connectivity index (χ2n) is 5.30. The smallest absolute Gasteiger partial charge is 0.276 e. The molecule has 1 aliphatic rings. The lowest BCUT2D eigenvalue weighted by Crippen LogP contribution is -2.31. The predicted molar refractivity (Wildman–Crippen MR) is 84.0 cm³/mol. The Morgan fingerprint density at radius 1 is 1.23 bits per heavy atom. The molecule has 1 aromatic carbocycles. The summed E-state index contributed by atoms with van der Waals surface area (Å²) in [7, 11) is -3.45. The molecule has 1 aliphatic heterocycles. The van der Waals surface area contributed by atoms with Crippen molar-refractivity contribution in [2.45, 2.75) is 29.9 Å². The summed E-state index contributed by atoms with van der Waals surface area (Å²) < 4.78 is 26.5. The van der Waals surface area contributed by atoms with Crippen LogP contribution in [0.5, 0.6) is 0 Å². The minimum atomic E-state index is -3.45. The highest BCUT2D eigenvalue weighted by molar-refractivity contribution is 7.99. The summed E-state index contributed by atoms with van der Waals surface area (Å²) in [6, 6.07) is 6.34. The molecule has 0 saturated heterocycles. The van der Waals surface area contributed by atoms with Gasteiger partial charge in [-0.3, -0.25) is 9.36 Å². The van der Waals surface area contributed by atoms with Crippen molar-refractivity contribution >= 4 is 21.6 Å². The maximum Gasteiger partial charge on any atom is 0.276 e. The minimum Gasteiger partial charge on any atom is -0.280 e. The number of sulfone groups is 1. The zero-order chi connectivity index (χ0) is 15.9. The molecule has 1 atom stereocenters. The highest BCUT2D eigenvalue weighted by Gasteiger charge is 2.31. The fourth-order valence-corrected chi connectivity index (χ4v) is 5.10. The third-order valence-electron chi connectivity index (χ3n) is 3.58. The molecule has 22 heavy (non-hydrogen) atoms. The zero-order valence-corrected chi connectivity index (χ0v) is 13.8. The Bertz CT molecular complexity index is 873. The van der Waals surface area contributed by atoms with Crippen LogP contribution in [0.3, 0.4) is 0 Å². The number of fused-ring (bicyclic) bond motifs is 1. The quantitative estimate of drug-likeness (QED) is 0.841. The van der Waals surface area contributed by atoms with E-state index in [4.69, 9.17) is 0 Å². The molecule has 0 amide bonds. The SMILES string of the molecule is Cc1ccc(S(=O)(=O)CC2CSc3nnc(C)c(=O)n32)cc1. The first-order chi connectivity index (χ1) is 10.4. The highest BCUT2D eigenvalue weighted by Crippen LogP contribution is 2.31. The molecule has 8 heteroatoms. The van der Waals surface area contributed by atoms with E-state index in [0.717, 1.165) is 5.56 Å². The van der Waals surface area contributed by atoms with Crippen LogP contribution in [0.2, 0.25) is 0 Å². The van der Waals surface area contributed by atoms with Gasteiger partial charge in [0.15, 0.2) is 15.0 Å². The molecule has 116 valence electrons. The molecule has 0 saturated carbocycles. The number of aryl methyl sites for hydroxylation is 2. The lowest BCUT2D eigenvalue weighted by Gasteiger charge is -2.13. The van der Waals surface area contributed by atoms with E-state index in [0.29, 0.717) is 10.9 Å². The van der Waals surface area contributed by atoms with E-state index in [9.17, 15) is 13.2 Å². The molecule has 0 radical (unpaired) electrons. The second-order valence-corrected chi connectivity index (χ2v) is 8.32. The Labute approximate surface area is 132 Å². The molecule has 6 nitrogen and oxygen atoms in total. The first-order valence-corrected chi connectivity index (χ1v) is 9.40. The van der Waals surface area contributed by atoms with Crippen LogP contribution < -0.4 is 5.56 Å². The van der Waals surface area contributed by atoms with Crippen LogP contribution in [0, 0.1) is 13.8 Å². The topological polar surface area (TPSA) is 81.9 Å². The predicted octanol–water partition coefficient (Wildman–Crippen LogP) is 1.38. The van der Waals surface area contributed by atoms with Crippen molar-refractivity contribution in [3.05, 3.63) is 45.9 Å². The van der Waals surface area contributed by atoms with Gasteiger partial charge in [-0.2, -0.15) is 0 Å². The van der Waals surface area contributed by atoms with Crippen LogP contribution in [-0.2, 0) is 9.84 Å². The number of nitrogens with zero attached hydrogens (tertiary/aromatic N) is 3. The molecular weight excluding hydrogens is 322 g/mol. The lowest BCUT2D eigenvalue weighted by molar-refractivity contribution is 0.510. The summed E-state index contributed by atoms with van der Waals surface area (Å²) in [5.74, 6) is 0.402. The van der Waals surface area contributed by atoms with Crippen molar-refractivity contribution in [1.82, 2.24) is 14.8 Å². The van der Waals surface area contributed by atoms with Crippen molar-refractivity contribution in [2.24, 2.45) is 0 Å². The number of benzene rings is 1. The molecule has 3 rings (SSSR count). The Morgan fingerprint density at radius 2 is 1.91 bits per heavy atom. The number of rotatable bonds is 3. The summed E-state index contributed by atoms with van der Waals surface area (Å²) >= 11 is 1.36. The van der Waals surface area contributed by atoms with Gasteiger partial charge in [0.05, 0.1) is 16.7 Å². The van der Waals surface area contributed by atoms with E-state index < -0.39 is 15.9 Å². The summed E-state index contributed by atoms with van der Waals surface area (Å²) in [6.07, 6.45) is 0. The zero-order valence-electron chi connectivity index (χ0n) is 12.2. The number of hydrogen-bond donors (Lipinski definition) is 0. The molecule has 2 aromatic rings. The standard InChI is InChI=1S/C14H15N3O3S2/c1-9-3-5-12(6-4-9)22(19,20)8-11-7-21-14-16-15-10(2)13(18)17(11)14/h3-6,11H,7-8H2,1-2H3. The highest BCUT2D eigenvalue weighted by atomic mass is 32.2. The van der Waals surface area contributed by atoms with Crippen molar-refractivity contribution < 1.29 is 8.42 Å². The first kappa shape index (κ1) is 15.2. The lowest BCUT2D eigenvalue weighted by atomic mass is 10.2. The van der Waals surface area contributed by atoms with Gasteiger partial charge in [-0.1, -0.05) is 29.5 Å². The van der Waals surface area contributed by atoms with Crippen LogP contribution in [0.25, 0.3) is 0 Å². The van der Waals surface area contributed by atoms with Gasteiger partial charge in [0.25, 0.3) is 5.56 Å². The minimum absolute atomic E-state index is 0.110. The van der Waals surface area contributed by atoms with Gasteiger partial charge in [0.2, 0.25) is 0 Å². The molecule has 1 unspecified atom stereocenters. The summed E-state index contributed by atoms with van der Waals surface area (Å²) in [5, 5.41) is 8.25. The second kappa shape index (κ2) is 5.51. The van der Waals surface area contributed by atoms with Crippen molar-refractivity contribution in [1.29, 1.82) is 0 Å². The summed E-state index contributed by atoms with van der Waals surface area (Å²) in [4.78, 5) is 12.5. The van der Waals surface area contributed by atoms with Gasteiger partial charge in [0, 0.05) is 5.75 Å². The average Bonchev–Trinajstić information content (AvgIpc) is 2.86. The molecule has 0 aliphatic carbocycles. The van der Waals surface area contributed by atoms with Crippen molar-refractivity contribution in [2.75, 3.05) is 11.5 Å². The largest absolute Gasteiger partial charge is 0.280 e. The Morgan fingerprint density at radius 3 is 2.59 bits per heavy atom. The maximum absolute atomic E-state index is 12.5. The van der Waals surface area contributed by atoms with Crippen LogP contribution in [0.4, 0.5) is 0 Å². The van der Waals surface area contributed by atoms with Crippen molar-refractivity contribution in [3.8, 4) is 0 Å². The molecular formula is C14H15N3O3S2. The van der Waals surface area contributed by atoms with E-state index in [2.05, 4.69) is 10.2 Å². The number of thioether (sulfide) groups is 1. The van der Waals surface area contributed by atoms with Gasteiger partial charge >= 0.3 is 0 Å². The van der Waals surface area contributed by atoms with Crippen LogP contribution in [-0.4, -0.2) is 34.7 Å². The van der Waals surface area contributed by atoms with E-state index in [1.54, 1.807) is 31.2 Å². The van der Waals surface area contributed by atoms with Crippen LogP contribution in [0.1, 0.15) is 17.3 Å². The molecule has 1 aromatic heterocycles. The van der Waals surface area contributed by atoms with Crippen molar-refractivity contribution in [3.63, 3.8) is 0 Å². The van der Waals surface area contributed by atoms with Gasteiger partial charge in [-0.05, 0) is 26.0 Å². The fourth-order valence-electron chi connectivity index (χ4n) is 2.35. The molecule has 2 heterocycles. The Balaban J connectivity index is 1.95. The van der Waals surface area contributed by atoms with Crippen LogP contribution >= 0.6 is 11.8 Å². The summed E-state index contributed by atoms with van der Waals surface area (Å²) in [5.41, 5.74) is 1.02. The third-order valence-corrected chi connectivity index (χ3v) is 6.48. The Hall–Kier alpha value is -1.67. The van der Waals surface area contributed by atoms with E-state index >= 15 is 0 Å². The monoisotopic (exact) mass is 337 g/mol. The van der Waals surface area contributed by atoms with E-state index in [1.807, 2.05) is 6.92 Å². The first-order valence-electron chi connectivity index (χ1n) is 6.76. The Kier molecular flexibility index (Phi) is 3.82. The maximum atomic E-state index is 12.5. The summed E-state index contributed by atoms with van der Waals surface area (Å²) in [6.45, 7) is 3.48.